The number of carbonyl (C=O) groups is 1. The number of carbonyl (C=O) groups excluding carboxylic acids is 1. The van der Waals surface area contributed by atoms with Gasteiger partial charge in [0.1, 0.15) is 5.82 Å². The van der Waals surface area contributed by atoms with Gasteiger partial charge in [-0.15, -0.1) is 10.2 Å². The molecule has 0 saturated heterocycles. The number of nitrogens with zero attached hydrogens (tertiary/aromatic N) is 4. The molecule has 3 aromatic rings. The predicted molar refractivity (Wildman–Crippen MR) is 106 cm³/mol. The van der Waals surface area contributed by atoms with E-state index in [9.17, 15) is 4.79 Å². The highest BCUT2D eigenvalue weighted by atomic mass is 32.2. The Hall–Kier alpha value is -2.61. The average Bonchev–Trinajstić information content (AvgIpc) is 3.31. The van der Waals surface area contributed by atoms with E-state index in [-0.39, 0.29) is 11.9 Å². The van der Waals surface area contributed by atoms with Gasteiger partial charge in [-0.25, -0.2) is 4.68 Å². The average molecular weight is 385 g/mol. The van der Waals surface area contributed by atoms with E-state index in [0.29, 0.717) is 16.9 Å². The molecule has 3 rings (SSSR count). The van der Waals surface area contributed by atoms with Gasteiger partial charge in [0.05, 0.1) is 17.5 Å². The quantitative estimate of drug-likeness (QED) is 0.609. The first-order valence-electron chi connectivity index (χ1n) is 8.89. The van der Waals surface area contributed by atoms with Crippen molar-refractivity contribution in [3.05, 3.63) is 42.1 Å². The summed E-state index contributed by atoms with van der Waals surface area (Å²) in [7, 11) is 0. The molecule has 0 aliphatic heterocycles. The van der Waals surface area contributed by atoms with Crippen LogP contribution in [0.1, 0.15) is 38.8 Å². The van der Waals surface area contributed by atoms with Gasteiger partial charge in [-0.2, -0.15) is 5.10 Å². The second-order valence-corrected chi connectivity index (χ2v) is 7.70. The topological polar surface area (TPSA) is 85.8 Å². The molecule has 2 heterocycles. The smallest absolute Gasteiger partial charge is 0.277 e. The largest absolute Gasteiger partial charge is 0.411 e. The van der Waals surface area contributed by atoms with Crippen molar-refractivity contribution in [2.24, 2.45) is 0 Å². The summed E-state index contributed by atoms with van der Waals surface area (Å²) < 4.78 is 7.51. The summed E-state index contributed by atoms with van der Waals surface area (Å²) in [6.45, 7) is 7.97. The zero-order valence-corrected chi connectivity index (χ0v) is 16.7. The molecule has 8 heteroatoms. The minimum absolute atomic E-state index is 0.139. The number of benzene rings is 1. The fourth-order valence-electron chi connectivity index (χ4n) is 2.44. The highest BCUT2D eigenvalue weighted by Gasteiger charge is 2.20. The minimum Gasteiger partial charge on any atom is -0.411 e. The van der Waals surface area contributed by atoms with E-state index in [1.807, 2.05) is 35.9 Å². The number of nitrogens with one attached hydrogen (secondary N) is 1. The van der Waals surface area contributed by atoms with Crippen LogP contribution >= 0.6 is 11.8 Å². The Labute approximate surface area is 162 Å². The van der Waals surface area contributed by atoms with Gasteiger partial charge < -0.3 is 9.73 Å². The maximum absolute atomic E-state index is 12.5. The molecule has 0 aliphatic carbocycles. The van der Waals surface area contributed by atoms with E-state index in [2.05, 4.69) is 34.5 Å². The SMILES string of the molecule is CC[C@@H](C)n1nccc1NC(=O)[C@@H](C)Sc1nnc(-c2ccc(C)cc2)o1. The Morgan fingerprint density at radius 2 is 1.96 bits per heavy atom. The standard InChI is InChI=1S/C19H23N5O2S/c1-5-13(3)24-16(10-11-20-24)21-17(25)14(4)27-19-23-22-18(26-19)15-8-6-12(2)7-9-15/h6-11,13-14H,5H2,1-4H3,(H,21,25)/t13-,14-/m1/s1. The second-order valence-electron chi connectivity index (χ2n) is 6.41. The van der Waals surface area contributed by atoms with Gasteiger partial charge in [-0.3, -0.25) is 4.79 Å². The minimum atomic E-state index is -0.392. The molecule has 2 aromatic heterocycles. The third-order valence-electron chi connectivity index (χ3n) is 4.28. The zero-order valence-electron chi connectivity index (χ0n) is 15.8. The van der Waals surface area contributed by atoms with Crippen molar-refractivity contribution >= 4 is 23.5 Å². The lowest BCUT2D eigenvalue weighted by Gasteiger charge is -2.15. The lowest BCUT2D eigenvalue weighted by molar-refractivity contribution is -0.115. The third-order valence-corrected chi connectivity index (χ3v) is 5.22. The Kier molecular flexibility index (Phi) is 5.95. The molecule has 0 fully saturated rings. The molecule has 1 amide bonds. The molecule has 0 spiro atoms. The van der Waals surface area contributed by atoms with Gasteiger partial charge in [-0.1, -0.05) is 36.4 Å². The summed E-state index contributed by atoms with van der Waals surface area (Å²) >= 11 is 1.23. The van der Waals surface area contributed by atoms with Crippen molar-refractivity contribution in [3.8, 4) is 11.5 Å². The molecule has 0 aliphatic rings. The molecule has 1 N–H and O–H groups in total. The normalized spacial score (nSPS) is 13.3. The Morgan fingerprint density at radius 1 is 1.22 bits per heavy atom. The maximum atomic E-state index is 12.5. The lowest BCUT2D eigenvalue weighted by Crippen LogP contribution is -2.24. The van der Waals surface area contributed by atoms with Crippen molar-refractivity contribution < 1.29 is 9.21 Å². The van der Waals surface area contributed by atoms with E-state index in [1.165, 1.54) is 11.8 Å². The van der Waals surface area contributed by atoms with Crippen LogP contribution in [0.3, 0.4) is 0 Å². The first-order valence-corrected chi connectivity index (χ1v) is 9.77. The van der Waals surface area contributed by atoms with Gasteiger partial charge in [0.25, 0.3) is 5.22 Å². The first-order chi connectivity index (χ1) is 13.0. The molecule has 0 unspecified atom stereocenters. The monoisotopic (exact) mass is 385 g/mol. The van der Waals surface area contributed by atoms with Crippen LogP contribution in [0.5, 0.6) is 0 Å². The van der Waals surface area contributed by atoms with E-state index < -0.39 is 5.25 Å². The molecule has 2 atom stereocenters. The van der Waals surface area contributed by atoms with Crippen molar-refractivity contribution in [2.45, 2.75) is 50.6 Å². The zero-order chi connectivity index (χ0) is 19.4. The number of thioether (sulfide) groups is 1. The number of anilines is 1. The summed E-state index contributed by atoms with van der Waals surface area (Å²) in [4.78, 5) is 12.5. The number of hydrogen-bond donors (Lipinski definition) is 1. The van der Waals surface area contributed by atoms with Gasteiger partial charge in [-0.05, 0) is 39.3 Å². The van der Waals surface area contributed by atoms with Crippen molar-refractivity contribution in [1.82, 2.24) is 20.0 Å². The molecule has 1 aromatic carbocycles. The summed E-state index contributed by atoms with van der Waals surface area (Å²) in [6, 6.07) is 9.86. The van der Waals surface area contributed by atoms with Gasteiger partial charge >= 0.3 is 0 Å². The van der Waals surface area contributed by atoms with Crippen LogP contribution in [0.25, 0.3) is 11.5 Å². The summed E-state index contributed by atoms with van der Waals surface area (Å²) in [5.74, 6) is 0.993. The molecule has 0 saturated carbocycles. The van der Waals surface area contributed by atoms with Crippen LogP contribution in [0.2, 0.25) is 0 Å². The summed E-state index contributed by atoms with van der Waals surface area (Å²) in [5.41, 5.74) is 2.02. The molecule has 142 valence electrons. The second kappa shape index (κ2) is 8.39. The molecule has 27 heavy (non-hydrogen) atoms. The Morgan fingerprint density at radius 3 is 2.67 bits per heavy atom. The van der Waals surface area contributed by atoms with Gasteiger partial charge in [0.2, 0.25) is 11.8 Å². The van der Waals surface area contributed by atoms with Gasteiger partial charge in [0, 0.05) is 11.6 Å². The van der Waals surface area contributed by atoms with E-state index in [4.69, 9.17) is 4.42 Å². The number of aromatic nitrogens is 4. The molecule has 0 bridgehead atoms. The van der Waals surface area contributed by atoms with Crippen LogP contribution in [0.15, 0.2) is 46.2 Å². The number of hydrogen-bond acceptors (Lipinski definition) is 6. The maximum Gasteiger partial charge on any atom is 0.277 e. The molecular weight excluding hydrogens is 362 g/mol. The van der Waals surface area contributed by atoms with Gasteiger partial charge in [0.15, 0.2) is 0 Å². The molecule has 0 radical (unpaired) electrons. The fraction of sp³-hybridized carbons (Fsp3) is 0.368. The molecule has 7 nitrogen and oxygen atoms in total. The van der Waals surface area contributed by atoms with Crippen molar-refractivity contribution in [2.75, 3.05) is 5.32 Å². The van der Waals surface area contributed by atoms with E-state index in [0.717, 1.165) is 17.5 Å². The van der Waals surface area contributed by atoms with Crippen LogP contribution in [0.4, 0.5) is 5.82 Å². The predicted octanol–water partition coefficient (Wildman–Crippen LogP) is 4.33. The number of amides is 1. The highest BCUT2D eigenvalue weighted by Crippen LogP contribution is 2.27. The summed E-state index contributed by atoms with van der Waals surface area (Å²) in [5, 5.41) is 15.3. The highest BCUT2D eigenvalue weighted by molar-refractivity contribution is 8.00. The van der Waals surface area contributed by atoms with E-state index in [1.54, 1.807) is 19.2 Å². The first kappa shape index (κ1) is 19.2. The van der Waals surface area contributed by atoms with Crippen LogP contribution in [-0.4, -0.2) is 31.1 Å². The van der Waals surface area contributed by atoms with Crippen LogP contribution in [0, 0.1) is 6.92 Å². The number of aryl methyl sites for hydroxylation is 1. The van der Waals surface area contributed by atoms with E-state index >= 15 is 0 Å². The van der Waals surface area contributed by atoms with Crippen LogP contribution < -0.4 is 5.32 Å². The Balaban J connectivity index is 1.64. The number of rotatable bonds is 7. The lowest BCUT2D eigenvalue weighted by atomic mass is 10.1. The van der Waals surface area contributed by atoms with Crippen molar-refractivity contribution in [3.63, 3.8) is 0 Å². The van der Waals surface area contributed by atoms with Crippen molar-refractivity contribution in [1.29, 1.82) is 0 Å². The molecular formula is C19H23N5O2S. The third kappa shape index (κ3) is 4.57. The summed E-state index contributed by atoms with van der Waals surface area (Å²) in [6.07, 6.45) is 2.62. The fourth-order valence-corrected chi connectivity index (χ4v) is 3.12. The Bertz CT molecular complexity index is 903. The van der Waals surface area contributed by atoms with Crippen LogP contribution in [-0.2, 0) is 4.79 Å².